The lowest BCUT2D eigenvalue weighted by Gasteiger charge is -2.37. The number of likely N-dealkylation sites (tertiary alicyclic amines) is 1. The van der Waals surface area contributed by atoms with Gasteiger partial charge in [0.1, 0.15) is 0 Å². The molecule has 1 saturated carbocycles. The molecule has 1 aliphatic heterocycles. The van der Waals surface area contributed by atoms with Crippen LogP contribution in [0.1, 0.15) is 32.1 Å². The molecule has 1 heterocycles. The topological polar surface area (TPSA) is 80.2 Å². The molecule has 0 aromatic heterocycles. The second-order valence-electron chi connectivity index (χ2n) is 6.73. The molecule has 2 unspecified atom stereocenters. The first-order valence-electron chi connectivity index (χ1n) is 8.60. The first-order chi connectivity index (χ1) is 11.0. The number of amides is 1. The van der Waals surface area contributed by atoms with Crippen LogP contribution in [-0.4, -0.2) is 85.7 Å². The Morgan fingerprint density at radius 2 is 1.92 bits per heavy atom. The van der Waals surface area contributed by atoms with Gasteiger partial charge in [0, 0.05) is 46.3 Å². The van der Waals surface area contributed by atoms with Crippen LogP contribution in [0.5, 0.6) is 0 Å². The highest BCUT2D eigenvalue weighted by Gasteiger charge is 2.33. The Kier molecular flexibility index (Phi) is 9.28. The van der Waals surface area contributed by atoms with E-state index in [0.29, 0.717) is 18.0 Å². The second-order valence-corrected chi connectivity index (χ2v) is 6.73. The Morgan fingerprint density at radius 3 is 2.42 bits per heavy atom. The summed E-state index contributed by atoms with van der Waals surface area (Å²) < 4.78 is 0. The number of aliphatic hydroxyl groups is 1. The van der Waals surface area contributed by atoms with Gasteiger partial charge in [-0.15, -0.1) is 24.0 Å². The SMILES string of the molecule is CN=C(NCC(=O)N(C)C)NC1CCN(C2CCCC2O)CC1.I. The Labute approximate surface area is 162 Å². The van der Waals surface area contributed by atoms with Crippen molar-refractivity contribution in [3.63, 3.8) is 0 Å². The minimum Gasteiger partial charge on any atom is -0.391 e. The Bertz CT molecular complexity index is 425. The third-order valence-corrected chi connectivity index (χ3v) is 4.91. The Balaban J connectivity index is 0.00000288. The molecule has 2 aliphatic rings. The summed E-state index contributed by atoms with van der Waals surface area (Å²) in [6.07, 6.45) is 5.12. The molecule has 2 rings (SSSR count). The molecule has 2 atom stereocenters. The second kappa shape index (κ2) is 10.4. The number of aliphatic hydroxyl groups excluding tert-OH is 1. The molecule has 1 aliphatic carbocycles. The summed E-state index contributed by atoms with van der Waals surface area (Å²) in [6.45, 7) is 2.26. The van der Waals surface area contributed by atoms with Crippen LogP contribution in [0.2, 0.25) is 0 Å². The van der Waals surface area contributed by atoms with E-state index < -0.39 is 0 Å². The van der Waals surface area contributed by atoms with Gasteiger partial charge in [-0.25, -0.2) is 0 Å². The van der Waals surface area contributed by atoms with Gasteiger partial charge in [0.25, 0.3) is 0 Å². The molecule has 0 aromatic rings. The average molecular weight is 453 g/mol. The van der Waals surface area contributed by atoms with E-state index in [4.69, 9.17) is 0 Å². The smallest absolute Gasteiger partial charge is 0.241 e. The van der Waals surface area contributed by atoms with Crippen LogP contribution in [0.15, 0.2) is 4.99 Å². The largest absolute Gasteiger partial charge is 0.391 e. The van der Waals surface area contributed by atoms with E-state index >= 15 is 0 Å². The van der Waals surface area contributed by atoms with Crippen molar-refractivity contribution in [3.8, 4) is 0 Å². The molecule has 8 heteroatoms. The number of guanidine groups is 1. The zero-order valence-corrected chi connectivity index (χ0v) is 17.3. The van der Waals surface area contributed by atoms with Crippen molar-refractivity contribution in [3.05, 3.63) is 0 Å². The highest BCUT2D eigenvalue weighted by Crippen LogP contribution is 2.26. The van der Waals surface area contributed by atoms with Gasteiger partial charge in [-0.3, -0.25) is 14.7 Å². The van der Waals surface area contributed by atoms with E-state index in [-0.39, 0.29) is 42.5 Å². The number of carbonyl (C=O) groups excluding carboxylic acids is 1. The van der Waals surface area contributed by atoms with Gasteiger partial charge in [-0.2, -0.15) is 0 Å². The van der Waals surface area contributed by atoms with Gasteiger partial charge in [0.2, 0.25) is 5.91 Å². The van der Waals surface area contributed by atoms with E-state index in [2.05, 4.69) is 20.5 Å². The van der Waals surface area contributed by atoms with Crippen molar-refractivity contribution in [1.29, 1.82) is 0 Å². The predicted molar refractivity (Wildman–Crippen MR) is 107 cm³/mol. The molecule has 7 nitrogen and oxygen atoms in total. The number of likely N-dealkylation sites (N-methyl/N-ethyl adjacent to an activating group) is 1. The molecule has 2 fully saturated rings. The summed E-state index contributed by atoms with van der Waals surface area (Å²) in [5, 5.41) is 16.5. The lowest BCUT2D eigenvalue weighted by molar-refractivity contribution is -0.127. The number of aliphatic imine (C=N–C) groups is 1. The fourth-order valence-corrected chi connectivity index (χ4v) is 3.43. The summed E-state index contributed by atoms with van der Waals surface area (Å²) in [7, 11) is 5.21. The number of nitrogens with one attached hydrogen (secondary N) is 2. The number of hydrogen-bond acceptors (Lipinski definition) is 4. The van der Waals surface area contributed by atoms with Crippen LogP contribution < -0.4 is 10.6 Å². The summed E-state index contributed by atoms with van der Waals surface area (Å²) in [5.74, 6) is 0.706. The van der Waals surface area contributed by atoms with E-state index in [1.54, 1.807) is 26.0 Å². The van der Waals surface area contributed by atoms with E-state index in [1.807, 2.05) is 0 Å². The molecule has 3 N–H and O–H groups in total. The van der Waals surface area contributed by atoms with Gasteiger partial charge in [-0.1, -0.05) is 0 Å². The van der Waals surface area contributed by atoms with Gasteiger partial charge >= 0.3 is 0 Å². The van der Waals surface area contributed by atoms with Crippen LogP contribution in [0.3, 0.4) is 0 Å². The third kappa shape index (κ3) is 6.03. The van der Waals surface area contributed by atoms with E-state index in [0.717, 1.165) is 45.2 Å². The zero-order valence-electron chi connectivity index (χ0n) is 15.0. The van der Waals surface area contributed by atoms with Crippen LogP contribution in [0.4, 0.5) is 0 Å². The number of nitrogens with zero attached hydrogens (tertiary/aromatic N) is 3. The van der Waals surface area contributed by atoms with Crippen LogP contribution in [0, 0.1) is 0 Å². The molecule has 1 saturated heterocycles. The van der Waals surface area contributed by atoms with Crippen molar-refractivity contribution in [2.75, 3.05) is 40.8 Å². The molecule has 1 amide bonds. The molecular weight excluding hydrogens is 421 g/mol. The molecular formula is C16H32IN5O2. The van der Waals surface area contributed by atoms with Crippen molar-refractivity contribution < 1.29 is 9.90 Å². The minimum absolute atomic E-state index is 0. The maximum absolute atomic E-state index is 11.6. The van der Waals surface area contributed by atoms with Gasteiger partial charge in [0.05, 0.1) is 12.6 Å². The molecule has 0 aromatic carbocycles. The van der Waals surface area contributed by atoms with Crippen molar-refractivity contribution in [1.82, 2.24) is 20.4 Å². The first-order valence-corrected chi connectivity index (χ1v) is 8.60. The Morgan fingerprint density at radius 1 is 1.25 bits per heavy atom. The summed E-state index contributed by atoms with van der Waals surface area (Å²) in [6, 6.07) is 0.719. The lowest BCUT2D eigenvalue weighted by Crippen LogP contribution is -2.52. The van der Waals surface area contributed by atoms with Gasteiger partial charge in [-0.05, 0) is 32.1 Å². The number of piperidine rings is 1. The van der Waals surface area contributed by atoms with E-state index in [1.165, 1.54) is 0 Å². The quantitative estimate of drug-likeness (QED) is 0.323. The summed E-state index contributed by atoms with van der Waals surface area (Å²) >= 11 is 0. The van der Waals surface area contributed by atoms with Crippen molar-refractivity contribution >= 4 is 35.8 Å². The van der Waals surface area contributed by atoms with Crippen LogP contribution >= 0.6 is 24.0 Å². The average Bonchev–Trinajstić information content (AvgIpc) is 2.97. The van der Waals surface area contributed by atoms with E-state index in [9.17, 15) is 9.90 Å². The van der Waals surface area contributed by atoms with Gasteiger partial charge < -0.3 is 20.6 Å². The lowest BCUT2D eigenvalue weighted by atomic mass is 10.0. The van der Waals surface area contributed by atoms with Crippen LogP contribution in [-0.2, 0) is 4.79 Å². The summed E-state index contributed by atoms with van der Waals surface area (Å²) in [4.78, 5) is 19.8. The van der Waals surface area contributed by atoms with Crippen molar-refractivity contribution in [2.24, 2.45) is 4.99 Å². The molecule has 0 radical (unpaired) electrons. The maximum Gasteiger partial charge on any atom is 0.241 e. The predicted octanol–water partition coefficient (Wildman–Crippen LogP) is 0.235. The third-order valence-electron chi connectivity index (χ3n) is 4.91. The molecule has 140 valence electrons. The standard InChI is InChI=1S/C16H31N5O2.HI/c1-17-16(18-11-15(23)20(2)3)19-12-7-9-21(10-8-12)13-5-4-6-14(13)22;/h12-14,22H,4-11H2,1-3H3,(H2,17,18,19);1H. The highest BCUT2D eigenvalue weighted by atomic mass is 127. The number of rotatable bonds is 4. The first kappa shape index (κ1) is 21.4. The normalized spacial score (nSPS) is 25.9. The fraction of sp³-hybridized carbons (Fsp3) is 0.875. The maximum atomic E-state index is 11.6. The number of halogens is 1. The van der Waals surface area contributed by atoms with Gasteiger partial charge in [0.15, 0.2) is 5.96 Å². The fourth-order valence-electron chi connectivity index (χ4n) is 3.43. The molecule has 24 heavy (non-hydrogen) atoms. The minimum atomic E-state index is -0.147. The van der Waals surface area contributed by atoms with Crippen LogP contribution in [0.25, 0.3) is 0 Å². The Hall–Kier alpha value is -0.610. The molecule has 0 bridgehead atoms. The molecule has 0 spiro atoms. The monoisotopic (exact) mass is 453 g/mol. The summed E-state index contributed by atoms with van der Waals surface area (Å²) in [5.41, 5.74) is 0. The number of carbonyl (C=O) groups is 1. The number of hydrogen-bond donors (Lipinski definition) is 3. The highest BCUT2D eigenvalue weighted by molar-refractivity contribution is 14.0. The zero-order chi connectivity index (χ0) is 16.8. The van der Waals surface area contributed by atoms with Crippen molar-refractivity contribution in [2.45, 2.75) is 50.3 Å².